The second kappa shape index (κ2) is 4.34. The molecule has 2 nitrogen and oxygen atoms in total. The van der Waals surface area contributed by atoms with Gasteiger partial charge in [-0.05, 0) is 18.1 Å². The minimum Gasteiger partial charge on any atom is -0.365 e. The second-order valence-electron chi connectivity index (χ2n) is 4.01. The molecule has 0 atom stereocenters. The molecule has 0 amide bonds. The fraction of sp³-hybridized carbons (Fsp3) is 0.214. The van der Waals surface area contributed by atoms with Crippen LogP contribution < -0.4 is 5.32 Å². The van der Waals surface area contributed by atoms with Crippen LogP contribution >= 0.6 is 11.3 Å². The van der Waals surface area contributed by atoms with E-state index in [0.717, 1.165) is 6.42 Å². The number of hydrogen-bond acceptors (Lipinski definition) is 3. The molecule has 1 aliphatic rings. The van der Waals surface area contributed by atoms with Gasteiger partial charge >= 0.3 is 0 Å². The summed E-state index contributed by atoms with van der Waals surface area (Å²) in [5.74, 6) is 0. The Labute approximate surface area is 105 Å². The van der Waals surface area contributed by atoms with Crippen LogP contribution in [-0.4, -0.2) is 12.4 Å². The Kier molecular flexibility index (Phi) is 2.69. The molecule has 1 aliphatic heterocycles. The highest BCUT2D eigenvalue weighted by Crippen LogP contribution is 2.36. The maximum Gasteiger partial charge on any atom is 0.108 e. The Morgan fingerprint density at radius 1 is 1.29 bits per heavy atom. The number of hydrogen-bond donors (Lipinski definition) is 1. The fourth-order valence-electron chi connectivity index (χ4n) is 2.05. The van der Waals surface area contributed by atoms with Crippen molar-refractivity contribution in [1.82, 2.24) is 0 Å². The van der Waals surface area contributed by atoms with Gasteiger partial charge in [0.05, 0.1) is 16.3 Å². The zero-order chi connectivity index (χ0) is 11.7. The van der Waals surface area contributed by atoms with Gasteiger partial charge < -0.3 is 5.32 Å². The van der Waals surface area contributed by atoms with E-state index >= 15 is 0 Å². The molecule has 0 radical (unpaired) electrons. The first-order chi connectivity index (χ1) is 8.38. The summed E-state index contributed by atoms with van der Waals surface area (Å²) in [6.45, 7) is 2.87. The van der Waals surface area contributed by atoms with Crippen LogP contribution in [0.25, 0.3) is 10.4 Å². The minimum atomic E-state index is 0.709. The van der Waals surface area contributed by atoms with Crippen LogP contribution in [0.5, 0.6) is 0 Å². The normalized spacial score (nSPS) is 13.8. The predicted octanol–water partition coefficient (Wildman–Crippen LogP) is 4.00. The van der Waals surface area contributed by atoms with E-state index in [1.807, 2.05) is 17.4 Å². The molecule has 0 aliphatic carbocycles. The van der Waals surface area contributed by atoms with Crippen LogP contribution in [0, 0.1) is 0 Å². The minimum absolute atomic E-state index is 0.709. The Hall–Kier alpha value is -1.61. The van der Waals surface area contributed by atoms with E-state index in [0.29, 0.717) is 6.67 Å². The Morgan fingerprint density at radius 3 is 2.88 bits per heavy atom. The third-order valence-corrected chi connectivity index (χ3v) is 4.16. The average molecular weight is 242 g/mol. The highest BCUT2D eigenvalue weighted by Gasteiger charge is 2.16. The third kappa shape index (κ3) is 1.87. The molecular weight excluding hydrogens is 228 g/mol. The molecule has 2 heterocycles. The molecule has 0 fully saturated rings. The van der Waals surface area contributed by atoms with Gasteiger partial charge in [0, 0.05) is 4.88 Å². The molecule has 3 heteroatoms. The van der Waals surface area contributed by atoms with Gasteiger partial charge in [0.15, 0.2) is 0 Å². The first kappa shape index (κ1) is 10.5. The van der Waals surface area contributed by atoms with Crippen molar-refractivity contribution in [2.24, 2.45) is 4.99 Å². The lowest BCUT2D eigenvalue weighted by Crippen LogP contribution is -2.12. The van der Waals surface area contributed by atoms with E-state index in [9.17, 15) is 0 Å². The van der Waals surface area contributed by atoms with Gasteiger partial charge in [-0.2, -0.15) is 0 Å². The molecule has 1 aromatic heterocycles. The van der Waals surface area contributed by atoms with Crippen LogP contribution in [-0.2, 0) is 0 Å². The van der Waals surface area contributed by atoms with Crippen molar-refractivity contribution in [2.45, 2.75) is 13.3 Å². The van der Waals surface area contributed by atoms with Crippen molar-refractivity contribution in [2.75, 3.05) is 12.0 Å². The Balaban J connectivity index is 2.06. The van der Waals surface area contributed by atoms with E-state index in [1.54, 1.807) is 0 Å². The molecule has 3 rings (SSSR count). The van der Waals surface area contributed by atoms with Crippen LogP contribution in [0.3, 0.4) is 0 Å². The van der Waals surface area contributed by atoms with Gasteiger partial charge in [0.2, 0.25) is 0 Å². The maximum absolute atomic E-state index is 4.51. The molecule has 2 aromatic rings. The van der Waals surface area contributed by atoms with E-state index in [1.165, 1.54) is 26.7 Å². The van der Waals surface area contributed by atoms with Crippen LogP contribution in [0.4, 0.5) is 5.69 Å². The highest BCUT2D eigenvalue weighted by atomic mass is 32.1. The monoisotopic (exact) mass is 242 g/mol. The standard InChI is InChI=1S/C14H14N2S/c1-2-11-14-12(16-9-15-11)8-13(17-14)10-6-4-3-5-7-10/h3-8,16H,2,9H2,1H3. The number of benzene rings is 1. The van der Waals surface area contributed by atoms with Crippen LogP contribution in [0.2, 0.25) is 0 Å². The molecular formula is C14H14N2S. The van der Waals surface area contributed by atoms with Crippen LogP contribution in [0.1, 0.15) is 18.2 Å². The largest absolute Gasteiger partial charge is 0.365 e. The number of thiophene rings is 1. The number of nitrogens with one attached hydrogen (secondary N) is 1. The van der Waals surface area contributed by atoms with E-state index < -0.39 is 0 Å². The summed E-state index contributed by atoms with van der Waals surface area (Å²) < 4.78 is 0. The number of anilines is 1. The fourth-order valence-corrected chi connectivity index (χ4v) is 3.26. The van der Waals surface area contributed by atoms with E-state index in [-0.39, 0.29) is 0 Å². The zero-order valence-electron chi connectivity index (χ0n) is 9.73. The van der Waals surface area contributed by atoms with Gasteiger partial charge in [-0.15, -0.1) is 11.3 Å². The summed E-state index contributed by atoms with van der Waals surface area (Å²) in [6.07, 6.45) is 1.00. The van der Waals surface area contributed by atoms with Crippen molar-refractivity contribution >= 4 is 22.7 Å². The molecule has 0 saturated carbocycles. The third-order valence-electron chi connectivity index (χ3n) is 2.93. The zero-order valence-corrected chi connectivity index (χ0v) is 10.6. The number of aliphatic imine (C=N–C) groups is 1. The summed E-state index contributed by atoms with van der Waals surface area (Å²) in [6, 6.07) is 12.8. The lowest BCUT2D eigenvalue weighted by Gasteiger charge is -2.12. The van der Waals surface area contributed by atoms with Gasteiger partial charge in [-0.25, -0.2) is 0 Å². The average Bonchev–Trinajstić information content (AvgIpc) is 2.83. The van der Waals surface area contributed by atoms with E-state index in [4.69, 9.17) is 0 Å². The van der Waals surface area contributed by atoms with Crippen molar-refractivity contribution in [1.29, 1.82) is 0 Å². The smallest absolute Gasteiger partial charge is 0.108 e. The SMILES string of the molecule is CCC1=NCNc2cc(-c3ccccc3)sc21. The lowest BCUT2D eigenvalue weighted by atomic mass is 10.1. The van der Waals surface area contributed by atoms with Crippen molar-refractivity contribution < 1.29 is 0 Å². The van der Waals surface area contributed by atoms with Gasteiger partial charge in [0.25, 0.3) is 0 Å². The van der Waals surface area contributed by atoms with Crippen molar-refractivity contribution in [3.05, 3.63) is 41.3 Å². The molecule has 0 bridgehead atoms. The predicted molar refractivity (Wildman–Crippen MR) is 75.1 cm³/mol. The molecule has 0 saturated heterocycles. The first-order valence-electron chi connectivity index (χ1n) is 5.85. The summed E-state index contributed by atoms with van der Waals surface area (Å²) >= 11 is 1.83. The van der Waals surface area contributed by atoms with Gasteiger partial charge in [-0.1, -0.05) is 37.3 Å². The number of fused-ring (bicyclic) bond motifs is 1. The Bertz CT molecular complexity index is 555. The summed E-state index contributed by atoms with van der Waals surface area (Å²) in [7, 11) is 0. The lowest BCUT2D eigenvalue weighted by molar-refractivity contribution is 1.09. The number of rotatable bonds is 2. The van der Waals surface area contributed by atoms with Crippen LogP contribution in [0.15, 0.2) is 41.4 Å². The summed E-state index contributed by atoms with van der Waals surface area (Å²) in [4.78, 5) is 7.13. The highest BCUT2D eigenvalue weighted by molar-refractivity contribution is 7.18. The number of nitrogens with zero attached hydrogens (tertiary/aromatic N) is 1. The van der Waals surface area contributed by atoms with Gasteiger partial charge in [0.1, 0.15) is 6.67 Å². The van der Waals surface area contributed by atoms with Crippen molar-refractivity contribution in [3.8, 4) is 10.4 Å². The maximum atomic E-state index is 4.51. The summed E-state index contributed by atoms with van der Waals surface area (Å²) in [5.41, 5.74) is 3.75. The topological polar surface area (TPSA) is 24.4 Å². The van der Waals surface area contributed by atoms with Crippen molar-refractivity contribution in [3.63, 3.8) is 0 Å². The Morgan fingerprint density at radius 2 is 2.12 bits per heavy atom. The molecule has 17 heavy (non-hydrogen) atoms. The molecule has 1 aromatic carbocycles. The second-order valence-corrected chi connectivity index (χ2v) is 5.06. The molecule has 1 N–H and O–H groups in total. The van der Waals surface area contributed by atoms with E-state index in [2.05, 4.69) is 47.6 Å². The quantitative estimate of drug-likeness (QED) is 0.845. The molecule has 0 spiro atoms. The molecule has 0 unspecified atom stereocenters. The van der Waals surface area contributed by atoms with Gasteiger partial charge in [-0.3, -0.25) is 4.99 Å². The molecule has 86 valence electrons. The first-order valence-corrected chi connectivity index (χ1v) is 6.67. The summed E-state index contributed by atoms with van der Waals surface area (Å²) in [5, 5.41) is 3.34.